The molecule has 2 aromatic carbocycles. The van der Waals surface area contributed by atoms with Crippen LogP contribution in [0.1, 0.15) is 34.4 Å². The van der Waals surface area contributed by atoms with E-state index in [9.17, 15) is 18.8 Å². The molecule has 1 fully saturated rings. The van der Waals surface area contributed by atoms with Gasteiger partial charge in [0, 0.05) is 4.47 Å². The molecular weight excluding hydrogens is 569 g/mol. The van der Waals surface area contributed by atoms with Crippen molar-refractivity contribution in [2.24, 2.45) is 0 Å². The zero-order valence-corrected chi connectivity index (χ0v) is 22.2. The number of thioether (sulfide) groups is 1. The standard InChI is InChI=1S/C26H21BrFNO7S/c1-3-34-21-10-16(19(27)12-22(21)35-14-15-4-6-17(28)7-5-15)11-23-24(30)29(26(32)37-23)13-18-8-9-20(36-18)25(31)33-2/h4-12H,3,13-14H2,1-2H3/b23-11+. The van der Waals surface area contributed by atoms with E-state index in [0.29, 0.717) is 28.1 Å². The van der Waals surface area contributed by atoms with Crippen LogP contribution in [-0.2, 0) is 22.7 Å². The molecule has 11 heteroatoms. The first-order chi connectivity index (χ1) is 17.8. The zero-order valence-electron chi connectivity index (χ0n) is 19.8. The van der Waals surface area contributed by atoms with Crippen molar-refractivity contribution in [3.05, 3.63) is 86.4 Å². The van der Waals surface area contributed by atoms with Crippen LogP contribution in [0.25, 0.3) is 6.08 Å². The minimum atomic E-state index is -0.652. The first kappa shape index (κ1) is 26.5. The average Bonchev–Trinajstić information content (AvgIpc) is 3.46. The number of hydrogen-bond donors (Lipinski definition) is 0. The van der Waals surface area contributed by atoms with Gasteiger partial charge < -0.3 is 18.6 Å². The topological polar surface area (TPSA) is 95.3 Å². The lowest BCUT2D eigenvalue weighted by Crippen LogP contribution is -2.27. The molecule has 2 amide bonds. The number of nitrogens with zero attached hydrogens (tertiary/aromatic N) is 1. The fourth-order valence-corrected chi connectivity index (χ4v) is 4.66. The number of esters is 1. The maximum Gasteiger partial charge on any atom is 0.373 e. The number of benzene rings is 2. The molecule has 2 heterocycles. The van der Waals surface area contributed by atoms with Crippen molar-refractivity contribution in [2.45, 2.75) is 20.1 Å². The Kier molecular flexibility index (Phi) is 8.34. The molecule has 8 nitrogen and oxygen atoms in total. The number of furan rings is 1. The molecule has 3 aromatic rings. The lowest BCUT2D eigenvalue weighted by Gasteiger charge is -2.14. The molecule has 0 saturated carbocycles. The molecule has 1 aromatic heterocycles. The molecule has 1 aliphatic rings. The first-order valence-corrected chi connectivity index (χ1v) is 12.7. The van der Waals surface area contributed by atoms with Gasteiger partial charge in [-0.3, -0.25) is 14.5 Å². The maximum absolute atomic E-state index is 13.2. The molecule has 0 N–H and O–H groups in total. The van der Waals surface area contributed by atoms with E-state index in [1.165, 1.54) is 31.4 Å². The van der Waals surface area contributed by atoms with Crippen molar-refractivity contribution in [1.29, 1.82) is 0 Å². The van der Waals surface area contributed by atoms with Gasteiger partial charge in [-0.05, 0) is 72.3 Å². The van der Waals surface area contributed by atoms with Crippen LogP contribution in [0.2, 0.25) is 0 Å². The highest BCUT2D eigenvalue weighted by atomic mass is 79.9. The number of rotatable bonds is 9. The number of methoxy groups -OCH3 is 1. The second-order valence-electron chi connectivity index (χ2n) is 7.69. The highest BCUT2D eigenvalue weighted by molar-refractivity contribution is 9.10. The van der Waals surface area contributed by atoms with E-state index in [4.69, 9.17) is 13.9 Å². The van der Waals surface area contributed by atoms with Crippen LogP contribution in [0.15, 0.2) is 62.3 Å². The van der Waals surface area contributed by atoms with Crippen molar-refractivity contribution in [1.82, 2.24) is 4.90 Å². The van der Waals surface area contributed by atoms with E-state index >= 15 is 0 Å². The van der Waals surface area contributed by atoms with Crippen LogP contribution in [0, 0.1) is 5.82 Å². The Hall–Kier alpha value is -3.57. The normalized spacial score (nSPS) is 14.4. The van der Waals surface area contributed by atoms with Crippen molar-refractivity contribution < 1.29 is 37.4 Å². The van der Waals surface area contributed by atoms with Crippen LogP contribution in [0.5, 0.6) is 11.5 Å². The zero-order chi connectivity index (χ0) is 26.5. The van der Waals surface area contributed by atoms with Crippen molar-refractivity contribution in [2.75, 3.05) is 13.7 Å². The van der Waals surface area contributed by atoms with Crippen LogP contribution in [-0.4, -0.2) is 35.7 Å². The minimum Gasteiger partial charge on any atom is -0.490 e. The quantitative estimate of drug-likeness (QED) is 0.215. The van der Waals surface area contributed by atoms with Crippen molar-refractivity contribution in [3.63, 3.8) is 0 Å². The third-order valence-corrected chi connectivity index (χ3v) is 6.79. The van der Waals surface area contributed by atoms with E-state index < -0.39 is 17.1 Å². The third kappa shape index (κ3) is 6.23. The van der Waals surface area contributed by atoms with Gasteiger partial charge in [-0.25, -0.2) is 9.18 Å². The number of halogens is 2. The van der Waals surface area contributed by atoms with Crippen LogP contribution >= 0.6 is 27.7 Å². The fourth-order valence-electron chi connectivity index (χ4n) is 3.39. The van der Waals surface area contributed by atoms with Crippen LogP contribution in [0.3, 0.4) is 0 Å². The highest BCUT2D eigenvalue weighted by Crippen LogP contribution is 2.39. The number of ether oxygens (including phenoxy) is 3. The summed E-state index contributed by atoms with van der Waals surface area (Å²) in [5.41, 5.74) is 1.39. The van der Waals surface area contributed by atoms with Gasteiger partial charge in [-0.2, -0.15) is 0 Å². The fraction of sp³-hybridized carbons (Fsp3) is 0.192. The molecule has 0 unspecified atom stereocenters. The SMILES string of the molecule is CCOc1cc(/C=C2/SC(=O)N(Cc3ccc(C(=O)OC)o3)C2=O)c(Br)cc1OCc1ccc(F)cc1. The van der Waals surface area contributed by atoms with Crippen LogP contribution < -0.4 is 9.47 Å². The Balaban J connectivity index is 1.52. The monoisotopic (exact) mass is 589 g/mol. The predicted octanol–water partition coefficient (Wildman–Crippen LogP) is 6.18. The summed E-state index contributed by atoms with van der Waals surface area (Å²) < 4.78 is 35.4. The predicted molar refractivity (Wildman–Crippen MR) is 138 cm³/mol. The number of amides is 2. The summed E-state index contributed by atoms with van der Waals surface area (Å²) in [6.07, 6.45) is 1.59. The van der Waals surface area contributed by atoms with Gasteiger partial charge >= 0.3 is 5.97 Å². The van der Waals surface area contributed by atoms with Gasteiger partial charge in [0.1, 0.15) is 18.2 Å². The molecule has 37 heavy (non-hydrogen) atoms. The lowest BCUT2D eigenvalue weighted by atomic mass is 10.1. The Morgan fingerprint density at radius 1 is 1.11 bits per heavy atom. The minimum absolute atomic E-state index is 0.0193. The summed E-state index contributed by atoms with van der Waals surface area (Å²) in [6.45, 7) is 2.29. The molecule has 0 bridgehead atoms. The summed E-state index contributed by atoms with van der Waals surface area (Å²) in [5, 5.41) is -0.465. The van der Waals surface area contributed by atoms with Gasteiger partial charge in [0.15, 0.2) is 11.5 Å². The molecule has 1 saturated heterocycles. The summed E-state index contributed by atoms with van der Waals surface area (Å²) in [6, 6.07) is 12.3. The van der Waals surface area contributed by atoms with E-state index in [1.54, 1.807) is 30.3 Å². The number of hydrogen-bond acceptors (Lipinski definition) is 8. The van der Waals surface area contributed by atoms with E-state index in [-0.39, 0.29) is 35.4 Å². The Bertz CT molecular complexity index is 1370. The first-order valence-electron chi connectivity index (χ1n) is 11.0. The molecule has 0 atom stereocenters. The smallest absolute Gasteiger partial charge is 0.373 e. The van der Waals surface area contributed by atoms with E-state index in [0.717, 1.165) is 22.2 Å². The number of imide groups is 1. The van der Waals surface area contributed by atoms with Crippen molar-refractivity contribution >= 4 is 50.9 Å². The Morgan fingerprint density at radius 2 is 1.84 bits per heavy atom. The second-order valence-corrected chi connectivity index (χ2v) is 9.54. The summed E-state index contributed by atoms with van der Waals surface area (Å²) in [4.78, 5) is 38.4. The molecular formula is C26H21BrFNO7S. The van der Waals surface area contributed by atoms with E-state index in [2.05, 4.69) is 20.7 Å². The van der Waals surface area contributed by atoms with Crippen LogP contribution in [0.4, 0.5) is 9.18 Å². The van der Waals surface area contributed by atoms with Gasteiger partial charge in [-0.1, -0.05) is 28.1 Å². The molecule has 0 spiro atoms. The largest absolute Gasteiger partial charge is 0.490 e. The lowest BCUT2D eigenvalue weighted by molar-refractivity contribution is -0.123. The number of carbonyl (C=O) groups excluding carboxylic acids is 3. The van der Waals surface area contributed by atoms with Crippen molar-refractivity contribution in [3.8, 4) is 11.5 Å². The van der Waals surface area contributed by atoms with Gasteiger partial charge in [-0.15, -0.1) is 0 Å². The summed E-state index contributed by atoms with van der Waals surface area (Å²) >= 11 is 4.29. The third-order valence-electron chi connectivity index (χ3n) is 5.19. The molecule has 192 valence electrons. The molecule has 1 aliphatic heterocycles. The summed E-state index contributed by atoms with van der Waals surface area (Å²) in [5.74, 6) is -0.314. The highest BCUT2D eigenvalue weighted by Gasteiger charge is 2.36. The van der Waals surface area contributed by atoms with E-state index in [1.807, 2.05) is 6.92 Å². The second kappa shape index (κ2) is 11.7. The molecule has 0 aliphatic carbocycles. The van der Waals surface area contributed by atoms with Gasteiger partial charge in [0.2, 0.25) is 5.76 Å². The maximum atomic E-state index is 13.2. The molecule has 0 radical (unpaired) electrons. The summed E-state index contributed by atoms with van der Waals surface area (Å²) in [7, 11) is 1.23. The Morgan fingerprint density at radius 3 is 2.54 bits per heavy atom. The number of carbonyl (C=O) groups is 3. The van der Waals surface area contributed by atoms with Gasteiger partial charge in [0.05, 0.1) is 25.2 Å². The molecule has 4 rings (SSSR count). The average molecular weight is 590 g/mol. The van der Waals surface area contributed by atoms with Gasteiger partial charge in [0.25, 0.3) is 11.1 Å². The Labute approximate surface area is 224 Å².